The number of rotatable bonds is 2. The molecule has 0 saturated carbocycles. The second kappa shape index (κ2) is 4.70. The van der Waals surface area contributed by atoms with Crippen molar-refractivity contribution in [1.29, 1.82) is 0 Å². The number of aromatic nitrogens is 2. The van der Waals surface area contributed by atoms with Crippen LogP contribution < -0.4 is 5.73 Å². The van der Waals surface area contributed by atoms with Crippen molar-refractivity contribution in [2.75, 3.05) is 5.73 Å². The molecular weight excluding hydrogens is 302 g/mol. The smallest absolute Gasteiger partial charge is 0.111 e. The van der Waals surface area contributed by atoms with E-state index in [0.29, 0.717) is 0 Å². The van der Waals surface area contributed by atoms with E-state index in [9.17, 15) is 0 Å². The van der Waals surface area contributed by atoms with E-state index in [0.717, 1.165) is 39.0 Å². The topological polar surface area (TPSA) is 54.7 Å². The van der Waals surface area contributed by atoms with Gasteiger partial charge in [-0.25, -0.2) is 4.98 Å². The van der Waals surface area contributed by atoms with Gasteiger partial charge in [-0.15, -0.1) is 0 Å². The van der Waals surface area contributed by atoms with Crippen molar-refractivity contribution in [3.8, 4) is 0 Å². The number of H-pyrrole nitrogens is 1. The third-order valence-electron chi connectivity index (χ3n) is 3.11. The standard InChI is InChI=1S/C15H14BrN3/c1-9-5-11(16)8-13-15(9)19-14(18-13)7-10-3-2-4-12(17)6-10/h2-6,8H,7,17H2,1H3,(H,18,19). The first-order valence-corrected chi connectivity index (χ1v) is 6.90. The van der Waals surface area contributed by atoms with E-state index < -0.39 is 0 Å². The molecule has 0 unspecified atom stereocenters. The summed E-state index contributed by atoms with van der Waals surface area (Å²) in [6, 6.07) is 12.0. The highest BCUT2D eigenvalue weighted by Crippen LogP contribution is 2.23. The number of aromatic amines is 1. The van der Waals surface area contributed by atoms with E-state index in [-0.39, 0.29) is 0 Å². The third-order valence-corrected chi connectivity index (χ3v) is 3.57. The Labute approximate surface area is 120 Å². The van der Waals surface area contributed by atoms with E-state index in [1.165, 1.54) is 5.56 Å². The molecule has 0 saturated heterocycles. The number of nitrogens with one attached hydrogen (secondary N) is 1. The van der Waals surface area contributed by atoms with E-state index in [4.69, 9.17) is 5.73 Å². The van der Waals surface area contributed by atoms with Gasteiger partial charge in [0.15, 0.2) is 0 Å². The number of hydrogen-bond donors (Lipinski definition) is 2. The first kappa shape index (κ1) is 12.2. The molecule has 0 radical (unpaired) electrons. The average Bonchev–Trinajstić information content (AvgIpc) is 2.71. The molecule has 0 aliphatic carbocycles. The lowest BCUT2D eigenvalue weighted by molar-refractivity contribution is 1.04. The number of nitrogens with zero attached hydrogens (tertiary/aromatic N) is 1. The zero-order chi connectivity index (χ0) is 13.4. The van der Waals surface area contributed by atoms with Crippen LogP contribution in [0, 0.1) is 6.92 Å². The third kappa shape index (κ3) is 2.49. The van der Waals surface area contributed by atoms with Gasteiger partial charge in [-0.1, -0.05) is 28.1 Å². The molecule has 0 aliphatic rings. The van der Waals surface area contributed by atoms with Gasteiger partial charge in [-0.2, -0.15) is 0 Å². The molecule has 4 heteroatoms. The van der Waals surface area contributed by atoms with Crippen LogP contribution in [-0.4, -0.2) is 9.97 Å². The second-order valence-electron chi connectivity index (χ2n) is 4.72. The average molecular weight is 316 g/mol. The molecule has 0 fully saturated rings. The van der Waals surface area contributed by atoms with Gasteiger partial charge in [-0.3, -0.25) is 0 Å². The Bertz CT molecular complexity index is 746. The number of fused-ring (bicyclic) bond motifs is 1. The molecule has 3 rings (SSSR count). The highest BCUT2D eigenvalue weighted by atomic mass is 79.9. The Morgan fingerprint density at radius 1 is 1.26 bits per heavy atom. The summed E-state index contributed by atoms with van der Waals surface area (Å²) in [5.41, 5.74) is 11.0. The lowest BCUT2D eigenvalue weighted by Gasteiger charge is -1.99. The van der Waals surface area contributed by atoms with Crippen LogP contribution in [0.15, 0.2) is 40.9 Å². The van der Waals surface area contributed by atoms with Crippen molar-refractivity contribution in [2.45, 2.75) is 13.3 Å². The van der Waals surface area contributed by atoms with Crippen molar-refractivity contribution in [3.63, 3.8) is 0 Å². The van der Waals surface area contributed by atoms with Gasteiger partial charge < -0.3 is 10.7 Å². The molecule has 0 atom stereocenters. The van der Waals surface area contributed by atoms with Crippen LogP contribution in [-0.2, 0) is 6.42 Å². The Hall–Kier alpha value is -1.81. The van der Waals surface area contributed by atoms with Crippen molar-refractivity contribution in [1.82, 2.24) is 9.97 Å². The van der Waals surface area contributed by atoms with Crippen molar-refractivity contribution >= 4 is 32.7 Å². The molecule has 1 aromatic heterocycles. The Morgan fingerprint density at radius 2 is 2.11 bits per heavy atom. The van der Waals surface area contributed by atoms with Crippen molar-refractivity contribution < 1.29 is 0 Å². The molecule has 0 amide bonds. The SMILES string of the molecule is Cc1cc(Br)cc2[nH]c(Cc3cccc(N)c3)nc12. The summed E-state index contributed by atoms with van der Waals surface area (Å²) in [6.07, 6.45) is 0.761. The van der Waals surface area contributed by atoms with Gasteiger partial charge in [0.2, 0.25) is 0 Å². The highest BCUT2D eigenvalue weighted by Gasteiger charge is 2.07. The molecule has 0 spiro atoms. The number of nitrogens with two attached hydrogens (primary N) is 1. The quantitative estimate of drug-likeness (QED) is 0.706. The molecule has 96 valence electrons. The minimum Gasteiger partial charge on any atom is -0.399 e. The molecule has 3 nitrogen and oxygen atoms in total. The van der Waals surface area contributed by atoms with Gasteiger partial charge in [0.1, 0.15) is 5.82 Å². The fraction of sp³-hybridized carbons (Fsp3) is 0.133. The maximum absolute atomic E-state index is 5.79. The largest absolute Gasteiger partial charge is 0.399 e. The molecular formula is C15H14BrN3. The highest BCUT2D eigenvalue weighted by molar-refractivity contribution is 9.10. The minimum absolute atomic E-state index is 0.761. The maximum atomic E-state index is 5.79. The lowest BCUT2D eigenvalue weighted by Crippen LogP contribution is -1.92. The first-order chi connectivity index (χ1) is 9.11. The predicted octanol–water partition coefficient (Wildman–Crippen LogP) is 3.81. The summed E-state index contributed by atoms with van der Waals surface area (Å²) >= 11 is 3.50. The van der Waals surface area contributed by atoms with E-state index in [1.807, 2.05) is 18.2 Å². The zero-order valence-electron chi connectivity index (χ0n) is 10.6. The van der Waals surface area contributed by atoms with Crippen LogP contribution in [0.25, 0.3) is 11.0 Å². The number of nitrogen functional groups attached to an aromatic ring is 1. The number of anilines is 1. The Kier molecular flexibility index (Phi) is 3.03. The number of halogens is 1. The first-order valence-electron chi connectivity index (χ1n) is 6.11. The van der Waals surface area contributed by atoms with Gasteiger partial charge in [0.25, 0.3) is 0 Å². The fourth-order valence-corrected chi connectivity index (χ4v) is 2.85. The molecule has 0 bridgehead atoms. The minimum atomic E-state index is 0.761. The second-order valence-corrected chi connectivity index (χ2v) is 5.64. The monoisotopic (exact) mass is 315 g/mol. The fourth-order valence-electron chi connectivity index (χ4n) is 2.28. The molecule has 3 N–H and O–H groups in total. The van der Waals surface area contributed by atoms with Crippen LogP contribution in [0.2, 0.25) is 0 Å². The molecule has 3 aromatic rings. The Morgan fingerprint density at radius 3 is 2.89 bits per heavy atom. The van der Waals surface area contributed by atoms with Crippen LogP contribution in [0.3, 0.4) is 0 Å². The summed E-state index contributed by atoms with van der Waals surface area (Å²) in [6.45, 7) is 2.07. The van der Waals surface area contributed by atoms with Crippen LogP contribution in [0.4, 0.5) is 5.69 Å². The summed E-state index contributed by atoms with van der Waals surface area (Å²) in [5, 5.41) is 0. The molecule has 19 heavy (non-hydrogen) atoms. The summed E-state index contributed by atoms with van der Waals surface area (Å²) in [5.74, 6) is 0.960. The van der Waals surface area contributed by atoms with Gasteiger partial charge >= 0.3 is 0 Å². The molecule has 1 heterocycles. The van der Waals surface area contributed by atoms with Gasteiger partial charge in [-0.05, 0) is 42.3 Å². The van der Waals surface area contributed by atoms with E-state index in [2.05, 4.69) is 51.0 Å². The molecule has 2 aromatic carbocycles. The number of benzene rings is 2. The predicted molar refractivity (Wildman–Crippen MR) is 82.2 cm³/mol. The van der Waals surface area contributed by atoms with Crippen molar-refractivity contribution in [3.05, 3.63) is 57.8 Å². The number of imidazole rings is 1. The van der Waals surface area contributed by atoms with Crippen LogP contribution in [0.5, 0.6) is 0 Å². The number of aryl methyl sites for hydroxylation is 1. The molecule has 0 aliphatic heterocycles. The lowest BCUT2D eigenvalue weighted by atomic mass is 10.1. The summed E-state index contributed by atoms with van der Waals surface area (Å²) in [7, 11) is 0. The van der Waals surface area contributed by atoms with Crippen molar-refractivity contribution in [2.24, 2.45) is 0 Å². The summed E-state index contributed by atoms with van der Waals surface area (Å²) in [4.78, 5) is 8.02. The van der Waals surface area contributed by atoms with E-state index >= 15 is 0 Å². The van der Waals surface area contributed by atoms with Crippen LogP contribution >= 0.6 is 15.9 Å². The van der Waals surface area contributed by atoms with Gasteiger partial charge in [0.05, 0.1) is 11.0 Å². The number of hydrogen-bond acceptors (Lipinski definition) is 2. The normalized spacial score (nSPS) is 11.1. The van der Waals surface area contributed by atoms with Crippen LogP contribution in [0.1, 0.15) is 17.0 Å². The maximum Gasteiger partial charge on any atom is 0.111 e. The Balaban J connectivity index is 2.00. The van der Waals surface area contributed by atoms with Gasteiger partial charge in [0, 0.05) is 16.6 Å². The van der Waals surface area contributed by atoms with E-state index in [1.54, 1.807) is 0 Å². The summed E-state index contributed by atoms with van der Waals surface area (Å²) < 4.78 is 1.07. The zero-order valence-corrected chi connectivity index (χ0v) is 12.2.